The average Bonchev–Trinajstić information content (AvgIpc) is 3.16. The van der Waals surface area contributed by atoms with E-state index in [2.05, 4.69) is 17.1 Å². The second kappa shape index (κ2) is 7.92. The Bertz CT molecular complexity index is 873. The number of halogens is 1. The highest BCUT2D eigenvalue weighted by Gasteiger charge is 2.34. The summed E-state index contributed by atoms with van der Waals surface area (Å²) in [6, 6.07) is 13.4. The lowest BCUT2D eigenvalue weighted by Crippen LogP contribution is -2.50. The monoisotopic (exact) mass is 400 g/mol. The minimum atomic E-state index is -0.636. The van der Waals surface area contributed by atoms with Crippen LogP contribution in [-0.4, -0.2) is 37.7 Å². The molecule has 2 aliphatic heterocycles. The minimum Gasteiger partial charge on any atom is -0.482 e. The topological polar surface area (TPSA) is 50.8 Å². The van der Waals surface area contributed by atoms with Gasteiger partial charge < -0.3 is 19.7 Å². The van der Waals surface area contributed by atoms with Crippen molar-refractivity contribution in [3.63, 3.8) is 0 Å². The van der Waals surface area contributed by atoms with Gasteiger partial charge in [-0.25, -0.2) is 0 Å². The number of benzene rings is 2. The van der Waals surface area contributed by atoms with Crippen LogP contribution in [0.15, 0.2) is 42.5 Å². The van der Waals surface area contributed by atoms with Gasteiger partial charge in [-0.05, 0) is 56.0 Å². The zero-order valence-electron chi connectivity index (χ0n) is 16.2. The second-order valence-electron chi connectivity index (χ2n) is 7.58. The maximum Gasteiger partial charge on any atom is 0.265 e. The van der Waals surface area contributed by atoms with Crippen molar-refractivity contribution in [3.05, 3.63) is 53.1 Å². The molecular formula is C22H25ClN2O3. The molecule has 0 spiro atoms. The first-order valence-electron chi connectivity index (χ1n) is 9.72. The normalized spacial score (nSPS) is 23.5. The molecule has 148 valence electrons. The van der Waals surface area contributed by atoms with E-state index in [9.17, 15) is 4.79 Å². The van der Waals surface area contributed by atoms with E-state index in [0.29, 0.717) is 24.0 Å². The molecule has 3 atom stereocenters. The van der Waals surface area contributed by atoms with E-state index in [1.807, 2.05) is 49.4 Å². The lowest BCUT2D eigenvalue weighted by molar-refractivity contribution is -0.133. The summed E-state index contributed by atoms with van der Waals surface area (Å²) >= 11 is 6.16. The van der Waals surface area contributed by atoms with Gasteiger partial charge in [-0.1, -0.05) is 29.8 Å². The standard InChI is InChI=1S/C22H25ClN2O3/c1-14-7-8-17(23)11-18(14)25-10-9-16(13-25)12-24-22(26)21-15(2)27-19-5-3-4-6-20(19)28-21/h3-8,11,15-16,21H,9-10,12-13H2,1-2H3,(H,24,26). The van der Waals surface area contributed by atoms with Gasteiger partial charge in [-0.2, -0.15) is 0 Å². The van der Waals surface area contributed by atoms with Gasteiger partial charge in [-0.15, -0.1) is 0 Å². The van der Waals surface area contributed by atoms with E-state index in [4.69, 9.17) is 21.1 Å². The first-order chi connectivity index (χ1) is 13.5. The molecule has 0 bridgehead atoms. The number of anilines is 1. The highest BCUT2D eigenvalue weighted by Crippen LogP contribution is 2.33. The molecule has 0 radical (unpaired) electrons. The zero-order valence-corrected chi connectivity index (χ0v) is 16.9. The number of nitrogens with zero attached hydrogens (tertiary/aromatic N) is 1. The van der Waals surface area contributed by atoms with E-state index < -0.39 is 6.10 Å². The zero-order chi connectivity index (χ0) is 19.7. The molecule has 0 aromatic heterocycles. The molecular weight excluding hydrogens is 376 g/mol. The first kappa shape index (κ1) is 18.9. The number of carbonyl (C=O) groups is 1. The molecule has 1 fully saturated rings. The molecule has 2 aliphatic rings. The summed E-state index contributed by atoms with van der Waals surface area (Å²) in [5.74, 6) is 1.57. The molecule has 28 heavy (non-hydrogen) atoms. The quantitative estimate of drug-likeness (QED) is 0.847. The SMILES string of the molecule is Cc1ccc(Cl)cc1N1CCC(CNC(=O)C2Oc3ccccc3OC2C)C1. The molecule has 2 heterocycles. The molecule has 4 rings (SSSR count). The van der Waals surface area contributed by atoms with Crippen molar-refractivity contribution in [2.75, 3.05) is 24.5 Å². The van der Waals surface area contributed by atoms with Gasteiger partial charge in [0.1, 0.15) is 6.10 Å². The van der Waals surface area contributed by atoms with Crippen molar-refractivity contribution < 1.29 is 14.3 Å². The fourth-order valence-corrected chi connectivity index (χ4v) is 4.06. The number of amides is 1. The van der Waals surface area contributed by atoms with Crippen LogP contribution in [0, 0.1) is 12.8 Å². The molecule has 3 unspecified atom stereocenters. The fraction of sp³-hybridized carbons (Fsp3) is 0.409. The van der Waals surface area contributed by atoms with Crippen LogP contribution < -0.4 is 19.7 Å². The Labute approximate surface area is 170 Å². The largest absolute Gasteiger partial charge is 0.482 e. The summed E-state index contributed by atoms with van der Waals surface area (Å²) in [4.78, 5) is 15.0. The van der Waals surface area contributed by atoms with Crippen molar-refractivity contribution in [3.8, 4) is 11.5 Å². The average molecular weight is 401 g/mol. The summed E-state index contributed by atoms with van der Waals surface area (Å²) < 4.78 is 11.7. The number of nitrogens with one attached hydrogen (secondary N) is 1. The molecule has 0 saturated carbocycles. The molecule has 6 heteroatoms. The van der Waals surface area contributed by atoms with Crippen LogP contribution in [0.5, 0.6) is 11.5 Å². The second-order valence-corrected chi connectivity index (χ2v) is 8.02. The van der Waals surface area contributed by atoms with Gasteiger partial charge in [0, 0.05) is 30.3 Å². The number of rotatable bonds is 4. The maximum atomic E-state index is 12.7. The predicted molar refractivity (Wildman–Crippen MR) is 110 cm³/mol. The molecule has 2 aromatic carbocycles. The summed E-state index contributed by atoms with van der Waals surface area (Å²) in [5, 5.41) is 3.81. The van der Waals surface area contributed by atoms with Crippen molar-refractivity contribution >= 4 is 23.2 Å². The van der Waals surface area contributed by atoms with Crippen LogP contribution in [0.25, 0.3) is 0 Å². The Morgan fingerprint density at radius 2 is 1.96 bits per heavy atom. The van der Waals surface area contributed by atoms with E-state index in [1.165, 1.54) is 11.3 Å². The molecule has 2 aromatic rings. The van der Waals surface area contributed by atoms with Crippen molar-refractivity contribution in [2.45, 2.75) is 32.5 Å². The fourth-order valence-electron chi connectivity index (χ4n) is 3.89. The molecule has 1 amide bonds. The molecule has 5 nitrogen and oxygen atoms in total. The third-order valence-electron chi connectivity index (χ3n) is 5.46. The number of fused-ring (bicyclic) bond motifs is 1. The summed E-state index contributed by atoms with van der Waals surface area (Å²) in [5.41, 5.74) is 2.39. The summed E-state index contributed by atoms with van der Waals surface area (Å²) in [6.07, 6.45) is 0.0683. The highest BCUT2D eigenvalue weighted by atomic mass is 35.5. The minimum absolute atomic E-state index is 0.126. The van der Waals surface area contributed by atoms with Crippen molar-refractivity contribution in [2.24, 2.45) is 5.92 Å². The van der Waals surface area contributed by atoms with E-state index >= 15 is 0 Å². The third-order valence-corrected chi connectivity index (χ3v) is 5.70. The number of aryl methyl sites for hydroxylation is 1. The van der Waals surface area contributed by atoms with Crippen molar-refractivity contribution in [1.29, 1.82) is 0 Å². The van der Waals surface area contributed by atoms with Crippen LogP contribution in [0.3, 0.4) is 0 Å². The van der Waals surface area contributed by atoms with E-state index in [-0.39, 0.29) is 12.0 Å². The van der Waals surface area contributed by atoms with Crippen LogP contribution in [0.2, 0.25) is 5.02 Å². The Kier molecular flexibility index (Phi) is 5.36. The number of hydrogen-bond donors (Lipinski definition) is 1. The predicted octanol–water partition coefficient (Wildman–Crippen LogP) is 3.82. The molecule has 1 N–H and O–H groups in total. The van der Waals surface area contributed by atoms with Gasteiger partial charge in [0.05, 0.1) is 0 Å². The summed E-state index contributed by atoms with van der Waals surface area (Å²) in [7, 11) is 0. The Morgan fingerprint density at radius 1 is 1.21 bits per heavy atom. The number of hydrogen-bond acceptors (Lipinski definition) is 4. The third kappa shape index (κ3) is 3.90. The van der Waals surface area contributed by atoms with Gasteiger partial charge in [-0.3, -0.25) is 4.79 Å². The van der Waals surface area contributed by atoms with Gasteiger partial charge in [0.2, 0.25) is 6.10 Å². The highest BCUT2D eigenvalue weighted by molar-refractivity contribution is 6.30. The Morgan fingerprint density at radius 3 is 2.75 bits per heavy atom. The van der Waals surface area contributed by atoms with Crippen LogP contribution in [0.4, 0.5) is 5.69 Å². The number of ether oxygens (including phenoxy) is 2. The number of carbonyl (C=O) groups excluding carboxylic acids is 1. The smallest absolute Gasteiger partial charge is 0.265 e. The Balaban J connectivity index is 1.33. The maximum absolute atomic E-state index is 12.7. The van der Waals surface area contributed by atoms with Crippen LogP contribution in [-0.2, 0) is 4.79 Å². The molecule has 0 aliphatic carbocycles. The summed E-state index contributed by atoms with van der Waals surface area (Å²) in [6.45, 7) is 6.46. The van der Waals surface area contributed by atoms with Crippen LogP contribution >= 0.6 is 11.6 Å². The Hall–Kier alpha value is -2.40. The lowest BCUT2D eigenvalue weighted by Gasteiger charge is -2.31. The lowest BCUT2D eigenvalue weighted by atomic mass is 10.1. The van der Waals surface area contributed by atoms with E-state index in [1.54, 1.807) is 0 Å². The van der Waals surface area contributed by atoms with Gasteiger partial charge >= 0.3 is 0 Å². The number of para-hydroxylation sites is 2. The van der Waals surface area contributed by atoms with Crippen molar-refractivity contribution in [1.82, 2.24) is 5.32 Å². The van der Waals surface area contributed by atoms with E-state index in [0.717, 1.165) is 24.5 Å². The van der Waals surface area contributed by atoms with Crippen LogP contribution in [0.1, 0.15) is 18.9 Å². The van der Waals surface area contributed by atoms with Gasteiger partial charge in [0.25, 0.3) is 5.91 Å². The van der Waals surface area contributed by atoms with Gasteiger partial charge in [0.15, 0.2) is 11.5 Å². The molecule has 1 saturated heterocycles. The first-order valence-corrected chi connectivity index (χ1v) is 10.1.